The fourth-order valence-electron chi connectivity index (χ4n) is 4.59. The van der Waals surface area contributed by atoms with Gasteiger partial charge in [0.15, 0.2) is 11.6 Å². The predicted octanol–water partition coefficient (Wildman–Crippen LogP) is 2.08. The van der Waals surface area contributed by atoms with E-state index in [0.717, 1.165) is 25.0 Å². The fraction of sp³-hybridized carbons (Fsp3) is 0.625. The molecule has 3 fully saturated rings. The SMILES string of the molecule is OC[C@H]1[C@H]2CN(Cc3c(F)ccc(F)c3F)C[C@]23CC[C@H]1O3. The van der Waals surface area contributed by atoms with E-state index in [1.165, 1.54) is 0 Å². The Bertz CT molecular complexity index is 611. The van der Waals surface area contributed by atoms with E-state index >= 15 is 0 Å². The highest BCUT2D eigenvalue weighted by Crippen LogP contribution is 2.54. The first-order valence-corrected chi connectivity index (χ1v) is 7.67. The minimum Gasteiger partial charge on any atom is -0.396 e. The lowest BCUT2D eigenvalue weighted by Crippen LogP contribution is -2.37. The smallest absolute Gasteiger partial charge is 0.166 e. The summed E-state index contributed by atoms with van der Waals surface area (Å²) in [7, 11) is 0. The Morgan fingerprint density at radius 3 is 2.82 bits per heavy atom. The second-order valence-corrected chi connectivity index (χ2v) is 6.70. The van der Waals surface area contributed by atoms with Gasteiger partial charge >= 0.3 is 0 Å². The van der Waals surface area contributed by atoms with Crippen molar-refractivity contribution in [1.29, 1.82) is 0 Å². The topological polar surface area (TPSA) is 32.7 Å². The molecule has 1 spiro atoms. The van der Waals surface area contributed by atoms with E-state index in [4.69, 9.17) is 4.74 Å². The molecule has 0 radical (unpaired) electrons. The number of hydrogen-bond donors (Lipinski definition) is 1. The number of aliphatic hydroxyl groups is 1. The van der Waals surface area contributed by atoms with E-state index in [2.05, 4.69) is 0 Å². The van der Waals surface area contributed by atoms with Crippen molar-refractivity contribution >= 4 is 0 Å². The van der Waals surface area contributed by atoms with E-state index in [0.29, 0.717) is 13.1 Å². The maximum atomic E-state index is 13.8. The van der Waals surface area contributed by atoms with Crippen molar-refractivity contribution in [2.45, 2.75) is 31.1 Å². The van der Waals surface area contributed by atoms with Gasteiger partial charge in [0.2, 0.25) is 0 Å². The Balaban J connectivity index is 1.56. The van der Waals surface area contributed by atoms with Crippen molar-refractivity contribution in [3.05, 3.63) is 35.1 Å². The fourth-order valence-corrected chi connectivity index (χ4v) is 4.59. The highest BCUT2D eigenvalue weighted by atomic mass is 19.2. The van der Waals surface area contributed by atoms with E-state index in [9.17, 15) is 18.3 Å². The van der Waals surface area contributed by atoms with Crippen LogP contribution < -0.4 is 0 Å². The third kappa shape index (κ3) is 1.94. The van der Waals surface area contributed by atoms with Gasteiger partial charge in [0.05, 0.1) is 11.7 Å². The van der Waals surface area contributed by atoms with Crippen molar-refractivity contribution < 1.29 is 23.0 Å². The van der Waals surface area contributed by atoms with Crippen molar-refractivity contribution in [1.82, 2.24) is 4.90 Å². The average molecular weight is 313 g/mol. The number of ether oxygens (including phenoxy) is 1. The van der Waals surface area contributed by atoms with Crippen LogP contribution >= 0.6 is 0 Å². The minimum absolute atomic E-state index is 0.0276. The minimum atomic E-state index is -1.11. The quantitative estimate of drug-likeness (QED) is 0.867. The third-order valence-electron chi connectivity index (χ3n) is 5.59. The van der Waals surface area contributed by atoms with Gasteiger partial charge in [0.1, 0.15) is 5.82 Å². The molecular formula is C16H18F3NO2. The summed E-state index contributed by atoms with van der Waals surface area (Å²) in [4.78, 5) is 1.91. The van der Waals surface area contributed by atoms with Crippen LogP contribution in [-0.4, -0.2) is 41.4 Å². The van der Waals surface area contributed by atoms with E-state index in [1.807, 2.05) is 4.90 Å². The molecule has 1 N–H and O–H groups in total. The van der Waals surface area contributed by atoms with Gasteiger partial charge in [-0.1, -0.05) is 0 Å². The molecule has 3 aliphatic rings. The zero-order chi connectivity index (χ0) is 15.5. The number of aliphatic hydroxyl groups excluding tert-OH is 1. The van der Waals surface area contributed by atoms with Gasteiger partial charge in [0, 0.05) is 43.6 Å². The maximum absolute atomic E-state index is 13.8. The molecule has 0 aliphatic carbocycles. The van der Waals surface area contributed by atoms with E-state index < -0.39 is 17.5 Å². The lowest BCUT2D eigenvalue weighted by atomic mass is 9.74. The van der Waals surface area contributed by atoms with Crippen LogP contribution in [0.1, 0.15) is 18.4 Å². The van der Waals surface area contributed by atoms with Crippen LogP contribution in [-0.2, 0) is 11.3 Å². The molecule has 3 nitrogen and oxygen atoms in total. The first kappa shape index (κ1) is 14.5. The maximum Gasteiger partial charge on any atom is 0.166 e. The summed E-state index contributed by atoms with van der Waals surface area (Å²) in [5.41, 5.74) is -0.523. The van der Waals surface area contributed by atoms with Crippen LogP contribution in [0.25, 0.3) is 0 Å². The zero-order valence-electron chi connectivity index (χ0n) is 12.1. The van der Waals surface area contributed by atoms with Crippen LogP contribution in [0.5, 0.6) is 0 Å². The highest BCUT2D eigenvalue weighted by molar-refractivity contribution is 5.22. The molecule has 6 heteroatoms. The standard InChI is InChI=1S/C16H18F3NO2/c17-12-1-2-13(18)15(19)9(12)5-20-6-11-10(7-21)14-3-4-16(11,8-20)22-14/h1-2,10-11,14,21H,3-8H2/t10-,11+,14+,16+/m0/s1. The summed E-state index contributed by atoms with van der Waals surface area (Å²) in [6.45, 7) is 1.31. The van der Waals surface area contributed by atoms with Crippen molar-refractivity contribution in [3.63, 3.8) is 0 Å². The summed E-state index contributed by atoms with van der Waals surface area (Å²) in [5.74, 6) is -2.58. The molecule has 0 saturated carbocycles. The number of nitrogens with zero attached hydrogens (tertiary/aromatic N) is 1. The van der Waals surface area contributed by atoms with Crippen molar-refractivity contribution in [2.24, 2.45) is 11.8 Å². The lowest BCUT2D eigenvalue weighted by molar-refractivity contribution is 0.000201. The number of fused-ring (bicyclic) bond motifs is 1. The summed E-state index contributed by atoms with van der Waals surface area (Å²) < 4.78 is 47.0. The zero-order valence-corrected chi connectivity index (χ0v) is 12.1. The molecule has 2 bridgehead atoms. The second kappa shape index (κ2) is 4.94. The van der Waals surface area contributed by atoms with Crippen LogP contribution in [0.4, 0.5) is 13.2 Å². The molecule has 120 valence electrons. The number of halogens is 3. The number of rotatable bonds is 3. The van der Waals surface area contributed by atoms with E-state index in [-0.39, 0.29) is 42.3 Å². The molecule has 1 aromatic carbocycles. The Morgan fingerprint density at radius 2 is 2.05 bits per heavy atom. The second-order valence-electron chi connectivity index (χ2n) is 6.70. The summed E-state index contributed by atoms with van der Waals surface area (Å²) in [6, 6.07) is 1.76. The first-order valence-electron chi connectivity index (χ1n) is 7.67. The molecule has 3 aliphatic heterocycles. The normalized spacial score (nSPS) is 37.0. The Hall–Kier alpha value is -1.11. The molecule has 1 aromatic rings. The number of benzene rings is 1. The Morgan fingerprint density at radius 1 is 1.27 bits per heavy atom. The largest absolute Gasteiger partial charge is 0.396 e. The van der Waals surface area contributed by atoms with Crippen LogP contribution in [0.15, 0.2) is 12.1 Å². The molecule has 0 unspecified atom stereocenters. The first-order chi connectivity index (χ1) is 10.5. The lowest BCUT2D eigenvalue weighted by Gasteiger charge is -2.28. The van der Waals surface area contributed by atoms with Crippen LogP contribution in [0.3, 0.4) is 0 Å². The van der Waals surface area contributed by atoms with Crippen molar-refractivity contribution in [2.75, 3.05) is 19.7 Å². The number of hydrogen-bond acceptors (Lipinski definition) is 3. The average Bonchev–Trinajstić information content (AvgIpc) is 3.14. The summed E-state index contributed by atoms with van der Waals surface area (Å²) >= 11 is 0. The van der Waals surface area contributed by atoms with Crippen LogP contribution in [0, 0.1) is 29.3 Å². The molecule has 0 amide bonds. The van der Waals surface area contributed by atoms with Gasteiger partial charge in [-0.25, -0.2) is 13.2 Å². The molecule has 4 atom stereocenters. The van der Waals surface area contributed by atoms with Gasteiger partial charge < -0.3 is 9.84 Å². The monoisotopic (exact) mass is 313 g/mol. The van der Waals surface area contributed by atoms with Gasteiger partial charge in [-0.15, -0.1) is 0 Å². The van der Waals surface area contributed by atoms with Gasteiger partial charge in [-0.3, -0.25) is 4.90 Å². The predicted molar refractivity (Wildman–Crippen MR) is 72.5 cm³/mol. The third-order valence-corrected chi connectivity index (χ3v) is 5.59. The molecule has 3 heterocycles. The summed E-state index contributed by atoms with van der Waals surface area (Å²) in [5, 5.41) is 9.56. The molecular weight excluding hydrogens is 295 g/mol. The van der Waals surface area contributed by atoms with Gasteiger partial charge in [0.25, 0.3) is 0 Å². The van der Waals surface area contributed by atoms with Gasteiger partial charge in [-0.2, -0.15) is 0 Å². The molecule has 0 aromatic heterocycles. The summed E-state index contributed by atoms with van der Waals surface area (Å²) in [6.07, 6.45) is 1.96. The van der Waals surface area contributed by atoms with Crippen molar-refractivity contribution in [3.8, 4) is 0 Å². The van der Waals surface area contributed by atoms with Gasteiger partial charge in [-0.05, 0) is 25.0 Å². The van der Waals surface area contributed by atoms with Crippen LogP contribution in [0.2, 0.25) is 0 Å². The molecule has 22 heavy (non-hydrogen) atoms. The Labute approximate surface area is 126 Å². The highest BCUT2D eigenvalue weighted by Gasteiger charge is 2.62. The molecule has 4 rings (SSSR count). The Kier molecular flexibility index (Phi) is 3.25. The van der Waals surface area contributed by atoms with E-state index in [1.54, 1.807) is 0 Å². The number of likely N-dealkylation sites (tertiary alicyclic amines) is 1. The molecule has 3 saturated heterocycles.